The summed E-state index contributed by atoms with van der Waals surface area (Å²) in [7, 11) is 0. The van der Waals surface area contributed by atoms with Gasteiger partial charge in [-0.2, -0.15) is 0 Å². The highest BCUT2D eigenvalue weighted by Crippen LogP contribution is 2.12. The zero-order valence-electron chi connectivity index (χ0n) is 11.8. The highest BCUT2D eigenvalue weighted by Gasteiger charge is 2.10. The van der Waals surface area contributed by atoms with E-state index in [9.17, 15) is 14.0 Å². The van der Waals surface area contributed by atoms with E-state index in [0.717, 1.165) is 0 Å². The SMILES string of the molecule is C=CCNC(=O)c1cccc(C(=O)Nc2ccc(F)cc2)c1. The molecule has 2 N–H and O–H groups in total. The Kier molecular flexibility index (Phi) is 5.03. The number of nitrogens with one attached hydrogen (secondary N) is 2. The molecule has 0 bridgehead atoms. The molecule has 0 aliphatic rings. The van der Waals surface area contributed by atoms with Crippen LogP contribution in [0.2, 0.25) is 0 Å². The van der Waals surface area contributed by atoms with Gasteiger partial charge in [-0.05, 0) is 42.5 Å². The number of anilines is 1. The van der Waals surface area contributed by atoms with Crippen LogP contribution >= 0.6 is 0 Å². The molecule has 0 atom stereocenters. The highest BCUT2D eigenvalue weighted by molar-refractivity contribution is 6.06. The maximum absolute atomic E-state index is 12.8. The highest BCUT2D eigenvalue weighted by atomic mass is 19.1. The Morgan fingerprint density at radius 3 is 2.32 bits per heavy atom. The zero-order chi connectivity index (χ0) is 15.9. The minimum Gasteiger partial charge on any atom is -0.349 e. The Labute approximate surface area is 127 Å². The lowest BCUT2D eigenvalue weighted by Gasteiger charge is -2.07. The predicted octanol–water partition coefficient (Wildman–Crippen LogP) is 2.99. The van der Waals surface area contributed by atoms with Crippen molar-refractivity contribution in [3.63, 3.8) is 0 Å². The first-order valence-electron chi connectivity index (χ1n) is 6.66. The van der Waals surface area contributed by atoms with E-state index < -0.39 is 0 Å². The predicted molar refractivity (Wildman–Crippen MR) is 83.3 cm³/mol. The van der Waals surface area contributed by atoms with Gasteiger partial charge in [-0.1, -0.05) is 12.1 Å². The van der Waals surface area contributed by atoms with Gasteiger partial charge in [0.1, 0.15) is 5.82 Å². The summed E-state index contributed by atoms with van der Waals surface area (Å²) in [5.74, 6) is -1.03. The Morgan fingerprint density at radius 1 is 1.05 bits per heavy atom. The van der Waals surface area contributed by atoms with Gasteiger partial charge in [0.25, 0.3) is 11.8 Å². The summed E-state index contributed by atoms with van der Waals surface area (Å²) in [5, 5.41) is 5.28. The number of halogens is 1. The first-order chi connectivity index (χ1) is 10.6. The second-order valence-electron chi connectivity index (χ2n) is 4.54. The van der Waals surface area contributed by atoms with Crippen molar-refractivity contribution in [3.05, 3.63) is 78.1 Å². The van der Waals surface area contributed by atoms with Crippen LogP contribution in [0, 0.1) is 5.82 Å². The van der Waals surface area contributed by atoms with Crippen LogP contribution in [0.1, 0.15) is 20.7 Å². The van der Waals surface area contributed by atoms with Crippen molar-refractivity contribution >= 4 is 17.5 Å². The molecule has 0 heterocycles. The van der Waals surface area contributed by atoms with Gasteiger partial charge < -0.3 is 10.6 Å². The van der Waals surface area contributed by atoms with Gasteiger partial charge >= 0.3 is 0 Å². The molecule has 0 aliphatic heterocycles. The molecule has 22 heavy (non-hydrogen) atoms. The van der Waals surface area contributed by atoms with Gasteiger partial charge in [-0.15, -0.1) is 6.58 Å². The Balaban J connectivity index is 2.11. The van der Waals surface area contributed by atoms with Crippen molar-refractivity contribution in [2.75, 3.05) is 11.9 Å². The third kappa shape index (κ3) is 4.02. The molecule has 0 saturated carbocycles. The van der Waals surface area contributed by atoms with E-state index >= 15 is 0 Å². The lowest BCUT2D eigenvalue weighted by Crippen LogP contribution is -2.23. The van der Waals surface area contributed by atoms with E-state index in [1.165, 1.54) is 30.3 Å². The van der Waals surface area contributed by atoms with Crippen LogP contribution in [0.25, 0.3) is 0 Å². The van der Waals surface area contributed by atoms with Gasteiger partial charge in [0.15, 0.2) is 0 Å². The second kappa shape index (κ2) is 7.17. The Bertz CT molecular complexity index is 696. The topological polar surface area (TPSA) is 58.2 Å². The maximum Gasteiger partial charge on any atom is 0.255 e. The van der Waals surface area contributed by atoms with Crippen molar-refractivity contribution in [1.82, 2.24) is 5.32 Å². The summed E-state index contributed by atoms with van der Waals surface area (Å²) >= 11 is 0. The molecule has 0 aliphatic carbocycles. The van der Waals surface area contributed by atoms with Crippen LogP contribution in [0.3, 0.4) is 0 Å². The minimum absolute atomic E-state index is 0.281. The number of carbonyl (C=O) groups is 2. The summed E-state index contributed by atoms with van der Waals surface area (Å²) in [4.78, 5) is 24.0. The molecular formula is C17H15FN2O2. The molecule has 0 spiro atoms. The van der Waals surface area contributed by atoms with Crippen LogP contribution in [0.4, 0.5) is 10.1 Å². The maximum atomic E-state index is 12.8. The molecule has 2 rings (SSSR count). The number of hydrogen-bond donors (Lipinski definition) is 2. The van der Waals surface area contributed by atoms with Crippen molar-refractivity contribution in [3.8, 4) is 0 Å². The Morgan fingerprint density at radius 2 is 1.68 bits per heavy atom. The molecule has 112 valence electrons. The third-order valence-corrected chi connectivity index (χ3v) is 2.90. The molecule has 2 amide bonds. The third-order valence-electron chi connectivity index (χ3n) is 2.90. The molecule has 0 aromatic heterocycles. The standard InChI is InChI=1S/C17H15FN2O2/c1-2-10-19-16(21)12-4-3-5-13(11-12)17(22)20-15-8-6-14(18)7-9-15/h2-9,11H,1,10H2,(H,19,21)(H,20,22). The van der Waals surface area contributed by atoms with Crippen molar-refractivity contribution in [1.29, 1.82) is 0 Å². The average Bonchev–Trinajstić information content (AvgIpc) is 2.54. The van der Waals surface area contributed by atoms with Gasteiger partial charge in [-0.25, -0.2) is 4.39 Å². The molecule has 0 unspecified atom stereocenters. The second-order valence-corrected chi connectivity index (χ2v) is 4.54. The van der Waals surface area contributed by atoms with E-state index in [1.54, 1.807) is 24.3 Å². The lowest BCUT2D eigenvalue weighted by molar-refractivity contribution is 0.0958. The fourth-order valence-corrected chi connectivity index (χ4v) is 1.81. The zero-order valence-corrected chi connectivity index (χ0v) is 11.8. The van der Waals surface area contributed by atoms with Gasteiger partial charge in [0, 0.05) is 23.4 Å². The summed E-state index contributed by atoms with van der Waals surface area (Å²) in [5.41, 5.74) is 1.21. The van der Waals surface area contributed by atoms with Crippen molar-refractivity contribution in [2.45, 2.75) is 0 Å². The normalized spacial score (nSPS) is 9.86. The van der Waals surface area contributed by atoms with Crippen LogP contribution in [-0.4, -0.2) is 18.4 Å². The molecule has 5 heteroatoms. The largest absolute Gasteiger partial charge is 0.349 e. The number of amides is 2. The molecule has 0 saturated heterocycles. The fourth-order valence-electron chi connectivity index (χ4n) is 1.81. The number of hydrogen-bond acceptors (Lipinski definition) is 2. The van der Waals surface area contributed by atoms with Crippen LogP contribution < -0.4 is 10.6 Å². The molecule has 2 aromatic carbocycles. The van der Waals surface area contributed by atoms with E-state index in [0.29, 0.717) is 23.4 Å². The van der Waals surface area contributed by atoms with Crippen LogP contribution in [0.5, 0.6) is 0 Å². The smallest absolute Gasteiger partial charge is 0.255 e. The molecule has 0 fully saturated rings. The van der Waals surface area contributed by atoms with E-state index in [4.69, 9.17) is 0 Å². The van der Waals surface area contributed by atoms with Crippen molar-refractivity contribution < 1.29 is 14.0 Å². The van der Waals surface area contributed by atoms with E-state index in [-0.39, 0.29) is 17.6 Å². The van der Waals surface area contributed by atoms with Gasteiger partial charge in [-0.3, -0.25) is 9.59 Å². The van der Waals surface area contributed by atoms with Crippen molar-refractivity contribution in [2.24, 2.45) is 0 Å². The summed E-state index contributed by atoms with van der Waals surface area (Å²) in [6.07, 6.45) is 1.57. The quantitative estimate of drug-likeness (QED) is 0.834. The number of rotatable bonds is 5. The molecule has 4 nitrogen and oxygen atoms in total. The number of benzene rings is 2. The average molecular weight is 298 g/mol. The van der Waals surface area contributed by atoms with Gasteiger partial charge in [0.05, 0.1) is 0 Å². The fraction of sp³-hybridized carbons (Fsp3) is 0.0588. The van der Waals surface area contributed by atoms with E-state index in [2.05, 4.69) is 17.2 Å². The van der Waals surface area contributed by atoms with E-state index in [1.807, 2.05) is 0 Å². The van der Waals surface area contributed by atoms with Crippen LogP contribution in [0.15, 0.2) is 61.2 Å². The first kappa shape index (κ1) is 15.4. The molecular weight excluding hydrogens is 283 g/mol. The summed E-state index contributed by atoms with van der Waals surface area (Å²) < 4.78 is 12.8. The number of carbonyl (C=O) groups excluding carboxylic acids is 2. The Hall–Kier alpha value is -2.95. The summed E-state index contributed by atoms with van der Waals surface area (Å²) in [6, 6.07) is 11.8. The lowest BCUT2D eigenvalue weighted by atomic mass is 10.1. The monoisotopic (exact) mass is 298 g/mol. The summed E-state index contributed by atoms with van der Waals surface area (Å²) in [6.45, 7) is 3.87. The molecule has 0 radical (unpaired) electrons. The van der Waals surface area contributed by atoms with Gasteiger partial charge in [0.2, 0.25) is 0 Å². The molecule has 2 aromatic rings. The first-order valence-corrected chi connectivity index (χ1v) is 6.66. The minimum atomic E-state index is -0.376. The van der Waals surface area contributed by atoms with Crippen LogP contribution in [-0.2, 0) is 0 Å².